The summed E-state index contributed by atoms with van der Waals surface area (Å²) in [4.78, 5) is 27.7. The van der Waals surface area contributed by atoms with Gasteiger partial charge >= 0.3 is 0 Å². The summed E-state index contributed by atoms with van der Waals surface area (Å²) in [6, 6.07) is 20.1. The van der Waals surface area contributed by atoms with Gasteiger partial charge in [-0.25, -0.2) is 0 Å². The average molecular weight is 457 g/mol. The smallest absolute Gasteiger partial charge is 0.295 e. The highest BCUT2D eigenvalue weighted by molar-refractivity contribution is 6.46. The Balaban J connectivity index is 1.57. The number of carbonyl (C=O) groups excluding carboxylic acids is 2. The Morgan fingerprint density at radius 3 is 2.35 bits per heavy atom. The molecule has 3 aromatic rings. The van der Waals surface area contributed by atoms with Crippen molar-refractivity contribution in [3.63, 3.8) is 0 Å². The Morgan fingerprint density at radius 2 is 1.62 bits per heavy atom. The number of phenolic OH excluding ortho intramolecular Hbond substituents is 1. The lowest BCUT2D eigenvalue weighted by atomic mass is 9.95. The number of phenols is 1. The number of aliphatic hydroxyl groups excluding tert-OH is 1. The Bertz CT molecular complexity index is 1270. The molecule has 1 amide bonds. The van der Waals surface area contributed by atoms with Crippen molar-refractivity contribution in [2.24, 2.45) is 0 Å². The number of aromatic hydroxyl groups is 1. The van der Waals surface area contributed by atoms with Crippen LogP contribution < -0.4 is 9.47 Å². The van der Waals surface area contributed by atoms with Crippen LogP contribution in [0.1, 0.15) is 22.7 Å². The summed E-state index contributed by atoms with van der Waals surface area (Å²) < 4.78 is 11.1. The first-order valence-electron chi connectivity index (χ1n) is 11.0. The molecule has 0 saturated carbocycles. The molecule has 0 bridgehead atoms. The molecule has 34 heavy (non-hydrogen) atoms. The molecule has 3 aromatic carbocycles. The van der Waals surface area contributed by atoms with Crippen LogP contribution in [0.5, 0.6) is 17.2 Å². The molecule has 7 heteroatoms. The van der Waals surface area contributed by atoms with Gasteiger partial charge in [-0.1, -0.05) is 42.5 Å². The SMILES string of the molecule is O=C1C(=O)N(CCc2ccccc2)[C@H](c2ccc(O)cc2)/C1=C(\O)c1ccc2c(c1)OCCO2. The highest BCUT2D eigenvalue weighted by Crippen LogP contribution is 2.41. The molecule has 0 aliphatic carbocycles. The largest absolute Gasteiger partial charge is 0.508 e. The molecule has 1 atom stereocenters. The summed E-state index contributed by atoms with van der Waals surface area (Å²) in [6.45, 7) is 1.11. The maximum atomic E-state index is 13.2. The Morgan fingerprint density at radius 1 is 0.912 bits per heavy atom. The van der Waals surface area contributed by atoms with Gasteiger partial charge in [0.1, 0.15) is 24.7 Å². The molecule has 0 spiro atoms. The third-order valence-corrected chi connectivity index (χ3v) is 6.05. The van der Waals surface area contributed by atoms with E-state index in [0.717, 1.165) is 5.56 Å². The van der Waals surface area contributed by atoms with Crippen molar-refractivity contribution in [2.75, 3.05) is 19.8 Å². The summed E-state index contributed by atoms with van der Waals surface area (Å²) >= 11 is 0. The topological polar surface area (TPSA) is 96.3 Å². The predicted molar refractivity (Wildman–Crippen MR) is 125 cm³/mol. The number of carbonyl (C=O) groups is 2. The minimum absolute atomic E-state index is 0.000397. The number of ether oxygens (including phenoxy) is 2. The normalized spacial score (nSPS) is 18.8. The van der Waals surface area contributed by atoms with E-state index in [1.807, 2.05) is 30.3 Å². The van der Waals surface area contributed by atoms with Gasteiger partial charge in [0, 0.05) is 12.1 Å². The molecule has 1 fully saturated rings. The van der Waals surface area contributed by atoms with E-state index in [2.05, 4.69) is 0 Å². The Hall–Kier alpha value is -4.26. The monoisotopic (exact) mass is 457 g/mol. The van der Waals surface area contributed by atoms with Crippen LogP contribution >= 0.6 is 0 Å². The summed E-state index contributed by atoms with van der Waals surface area (Å²) in [7, 11) is 0. The minimum atomic E-state index is -0.794. The number of Topliss-reactive ketones (excluding diaryl/α,β-unsaturated/α-hetero) is 1. The minimum Gasteiger partial charge on any atom is -0.508 e. The number of nitrogens with zero attached hydrogens (tertiary/aromatic N) is 1. The van der Waals surface area contributed by atoms with E-state index in [9.17, 15) is 19.8 Å². The molecule has 2 N–H and O–H groups in total. The highest BCUT2D eigenvalue weighted by Gasteiger charge is 2.45. The standard InChI is InChI=1S/C27H23NO6/c29-20-9-6-18(7-10-20)24-23(25(30)19-8-11-21-22(16-19)34-15-14-33-21)26(31)27(32)28(24)13-12-17-4-2-1-3-5-17/h1-11,16,24,29-30H,12-15H2/b25-23+/t24-/m1/s1. The number of hydrogen-bond acceptors (Lipinski definition) is 6. The molecule has 172 valence electrons. The van der Waals surface area contributed by atoms with Crippen molar-refractivity contribution < 1.29 is 29.3 Å². The van der Waals surface area contributed by atoms with Crippen molar-refractivity contribution in [1.82, 2.24) is 4.90 Å². The van der Waals surface area contributed by atoms with Gasteiger partial charge in [0.05, 0.1) is 11.6 Å². The molecule has 2 aliphatic rings. The zero-order chi connectivity index (χ0) is 23.7. The van der Waals surface area contributed by atoms with Gasteiger partial charge in [-0.2, -0.15) is 0 Å². The number of fused-ring (bicyclic) bond motifs is 1. The summed E-state index contributed by atoms with van der Waals surface area (Å²) in [6.07, 6.45) is 0.548. The first-order chi connectivity index (χ1) is 16.5. The maximum Gasteiger partial charge on any atom is 0.295 e. The number of amides is 1. The van der Waals surface area contributed by atoms with Crippen LogP contribution in [0.25, 0.3) is 5.76 Å². The molecule has 0 unspecified atom stereocenters. The lowest BCUT2D eigenvalue weighted by molar-refractivity contribution is -0.139. The number of likely N-dealkylation sites (tertiary alicyclic amines) is 1. The number of benzene rings is 3. The second-order valence-corrected chi connectivity index (χ2v) is 8.18. The van der Waals surface area contributed by atoms with Gasteiger partial charge in [-0.15, -0.1) is 0 Å². The van der Waals surface area contributed by atoms with E-state index in [1.54, 1.807) is 30.3 Å². The van der Waals surface area contributed by atoms with Crippen LogP contribution in [0, 0.1) is 0 Å². The lowest BCUT2D eigenvalue weighted by Gasteiger charge is -2.25. The quantitative estimate of drug-likeness (QED) is 0.344. The Labute approximate surface area is 196 Å². The number of ketones is 1. The van der Waals surface area contributed by atoms with Crippen LogP contribution in [0.3, 0.4) is 0 Å². The second kappa shape index (κ2) is 8.94. The zero-order valence-electron chi connectivity index (χ0n) is 18.3. The molecule has 1 saturated heterocycles. The van der Waals surface area contributed by atoms with Crippen molar-refractivity contribution in [2.45, 2.75) is 12.5 Å². The first-order valence-corrected chi connectivity index (χ1v) is 11.0. The van der Waals surface area contributed by atoms with Gasteiger partial charge in [-0.3, -0.25) is 9.59 Å². The fourth-order valence-corrected chi connectivity index (χ4v) is 4.35. The van der Waals surface area contributed by atoms with Crippen LogP contribution in [0.4, 0.5) is 0 Å². The molecule has 0 radical (unpaired) electrons. The second-order valence-electron chi connectivity index (χ2n) is 8.18. The highest BCUT2D eigenvalue weighted by atomic mass is 16.6. The third kappa shape index (κ3) is 3.96. The van der Waals surface area contributed by atoms with Crippen LogP contribution in [0.2, 0.25) is 0 Å². The molecular formula is C27H23NO6. The van der Waals surface area contributed by atoms with Gasteiger partial charge < -0.3 is 24.6 Å². The fourth-order valence-electron chi connectivity index (χ4n) is 4.35. The van der Waals surface area contributed by atoms with Crippen LogP contribution in [-0.4, -0.2) is 46.6 Å². The number of rotatable bonds is 5. The summed E-state index contributed by atoms with van der Waals surface area (Å²) in [5, 5.41) is 21.0. The van der Waals surface area contributed by atoms with Crippen LogP contribution in [-0.2, 0) is 16.0 Å². The van der Waals surface area contributed by atoms with E-state index < -0.39 is 17.7 Å². The van der Waals surface area contributed by atoms with Crippen molar-refractivity contribution in [3.05, 3.63) is 95.1 Å². The molecule has 5 rings (SSSR count). The third-order valence-electron chi connectivity index (χ3n) is 6.05. The van der Waals surface area contributed by atoms with Crippen molar-refractivity contribution in [3.8, 4) is 17.2 Å². The summed E-state index contributed by atoms with van der Waals surface area (Å²) in [5.74, 6) is -0.616. The average Bonchev–Trinajstić information content (AvgIpc) is 3.12. The van der Waals surface area contributed by atoms with E-state index in [4.69, 9.17) is 9.47 Å². The number of aliphatic hydroxyl groups is 1. The maximum absolute atomic E-state index is 13.2. The fraction of sp³-hybridized carbons (Fsp3) is 0.185. The zero-order valence-corrected chi connectivity index (χ0v) is 18.3. The van der Waals surface area contributed by atoms with Crippen LogP contribution in [0.15, 0.2) is 78.4 Å². The first kappa shape index (κ1) is 21.6. The van der Waals surface area contributed by atoms with Gasteiger partial charge in [-0.05, 0) is 47.9 Å². The van der Waals surface area contributed by atoms with Crippen molar-refractivity contribution >= 4 is 17.4 Å². The molecule has 2 heterocycles. The van der Waals surface area contributed by atoms with Gasteiger partial charge in [0.2, 0.25) is 0 Å². The summed E-state index contributed by atoms with van der Waals surface area (Å²) in [5.41, 5.74) is 2.00. The van der Waals surface area contributed by atoms with Gasteiger partial charge in [0.15, 0.2) is 11.5 Å². The van der Waals surface area contributed by atoms with Gasteiger partial charge in [0.25, 0.3) is 11.7 Å². The number of hydrogen-bond donors (Lipinski definition) is 2. The van der Waals surface area contributed by atoms with Crippen molar-refractivity contribution in [1.29, 1.82) is 0 Å². The predicted octanol–water partition coefficient (Wildman–Crippen LogP) is 3.83. The Kier molecular flexibility index (Phi) is 5.67. The molecule has 7 nitrogen and oxygen atoms in total. The van der Waals surface area contributed by atoms with E-state index >= 15 is 0 Å². The molecular weight excluding hydrogens is 434 g/mol. The molecule has 0 aromatic heterocycles. The molecule has 2 aliphatic heterocycles. The lowest BCUT2D eigenvalue weighted by Crippen LogP contribution is -2.31. The van der Waals surface area contributed by atoms with E-state index in [0.29, 0.717) is 42.3 Å². The van der Waals surface area contributed by atoms with E-state index in [1.165, 1.54) is 17.0 Å². The van der Waals surface area contributed by atoms with E-state index in [-0.39, 0.29) is 23.6 Å².